The minimum absolute atomic E-state index is 0.0603. The molecular weight excluding hydrogens is 822 g/mol. The van der Waals surface area contributed by atoms with E-state index in [1.165, 1.54) is 19.2 Å². The summed E-state index contributed by atoms with van der Waals surface area (Å²) in [6.45, 7) is 13.7. The SMILES string of the molecule is CC(=O)O[C@@]12CO[C@@H]1CC[C@]1(C)C2C(OC(=O)c2ccccc2)[C@]2(O)C[C@H](OC(=O)[C@H](O)[C@@H](NC(=O)OC(C)(C)C)c3ncccc3F)C(C)=C([C@H]3O[C@@H](CN(C)C)O[C@H]31)C2(C)C. The van der Waals surface area contributed by atoms with Crippen LogP contribution in [0.1, 0.15) is 96.7 Å². The minimum Gasteiger partial charge on any atom is -0.456 e. The Morgan fingerprint density at radius 3 is 2.35 bits per heavy atom. The lowest BCUT2D eigenvalue weighted by molar-refractivity contribution is -0.345. The van der Waals surface area contributed by atoms with Gasteiger partial charge in [0.2, 0.25) is 0 Å². The maximum Gasteiger partial charge on any atom is 0.408 e. The molecule has 3 heterocycles. The number of amides is 1. The number of aliphatic hydroxyl groups is 2. The van der Waals surface area contributed by atoms with Gasteiger partial charge in [-0.05, 0) is 90.0 Å². The third-order valence-electron chi connectivity index (χ3n) is 13.6. The summed E-state index contributed by atoms with van der Waals surface area (Å²) in [6, 6.07) is 8.88. The zero-order valence-corrected chi connectivity index (χ0v) is 37.5. The van der Waals surface area contributed by atoms with Gasteiger partial charge in [-0.1, -0.05) is 39.0 Å². The number of carbonyl (C=O) groups is 4. The molecule has 2 saturated carbocycles. The second kappa shape index (κ2) is 16.8. The van der Waals surface area contributed by atoms with Crippen LogP contribution >= 0.6 is 0 Å². The summed E-state index contributed by atoms with van der Waals surface area (Å²) in [5, 5.41) is 28.0. The summed E-state index contributed by atoms with van der Waals surface area (Å²) < 4.78 is 59.7. The van der Waals surface area contributed by atoms with Gasteiger partial charge in [-0.15, -0.1) is 0 Å². The highest BCUT2D eigenvalue weighted by atomic mass is 19.1. The number of likely N-dealkylation sites (N-methyl/N-ethyl adjacent to an activating group) is 1. The molecule has 12 atom stereocenters. The molecular formula is C46H60FN3O13. The maximum atomic E-state index is 15.3. The summed E-state index contributed by atoms with van der Waals surface area (Å²) in [4.78, 5) is 60.9. The second-order valence-corrected chi connectivity index (χ2v) is 19.6. The number of fused-ring (bicyclic) bond motifs is 8. The second-order valence-electron chi connectivity index (χ2n) is 19.6. The Labute approximate surface area is 366 Å². The molecule has 3 N–H and O–H groups in total. The molecule has 0 radical (unpaired) electrons. The van der Waals surface area contributed by atoms with Gasteiger partial charge in [0.05, 0.1) is 24.2 Å². The number of halogens is 1. The van der Waals surface area contributed by atoms with Crippen molar-refractivity contribution in [3.05, 3.63) is 76.9 Å². The van der Waals surface area contributed by atoms with Crippen LogP contribution in [0.5, 0.6) is 0 Å². The van der Waals surface area contributed by atoms with Crippen LogP contribution < -0.4 is 5.32 Å². The quantitative estimate of drug-likeness (QED) is 0.170. The fraction of sp³-hybridized carbons (Fsp3) is 0.630. The molecule has 2 aliphatic heterocycles. The first-order chi connectivity index (χ1) is 29.4. The van der Waals surface area contributed by atoms with Gasteiger partial charge in [0.15, 0.2) is 18.0 Å². The lowest BCUT2D eigenvalue weighted by Crippen LogP contribution is -2.79. The van der Waals surface area contributed by atoms with E-state index in [0.29, 0.717) is 30.5 Å². The molecule has 344 valence electrons. The van der Waals surface area contributed by atoms with E-state index in [-0.39, 0.29) is 12.2 Å². The van der Waals surface area contributed by atoms with E-state index < -0.39 is 124 Å². The van der Waals surface area contributed by atoms with Crippen LogP contribution in [-0.4, -0.2) is 131 Å². The normalized spacial score (nSPS) is 34.1. The van der Waals surface area contributed by atoms with Crippen LogP contribution in [0, 0.1) is 22.6 Å². The van der Waals surface area contributed by atoms with E-state index in [1.54, 1.807) is 71.9 Å². The van der Waals surface area contributed by atoms with Crippen molar-refractivity contribution in [2.24, 2.45) is 16.7 Å². The van der Waals surface area contributed by atoms with Gasteiger partial charge in [0, 0.05) is 36.9 Å². The Kier molecular flexibility index (Phi) is 12.4. The molecule has 5 aliphatic rings. The number of aliphatic hydroxyl groups excluding tert-OH is 1. The standard InChI is InChI=1S/C46H60FN3O13/c1-24-28(58-40(54)34(52)33(32-27(47)17-14-20-48-32)49-41(55)63-42(3,4)5)21-46(56)38(61-39(53)26-15-12-11-13-16-26)36-44(8,19-18-29-45(36,23-57-29)62-25(2)51)37-35(31(24)43(46,6)7)59-30(60-37)22-50(9)10/h11-17,20,28-30,33-38,52,56H,18-19,21-23H2,1-10H3,(H,49,55)/t28-,29+,30+,33-,34+,35+,36?,37+,38?,44+,45-,46+/m0/s1. The number of esters is 3. The molecule has 1 amide bonds. The number of ether oxygens (including phenoxy) is 7. The zero-order valence-electron chi connectivity index (χ0n) is 37.5. The van der Waals surface area contributed by atoms with Crippen molar-refractivity contribution >= 4 is 24.0 Å². The predicted octanol–water partition coefficient (Wildman–Crippen LogP) is 4.56. The Bertz CT molecular complexity index is 2130. The molecule has 1 aromatic carbocycles. The van der Waals surface area contributed by atoms with Gasteiger partial charge in [0.25, 0.3) is 0 Å². The summed E-state index contributed by atoms with van der Waals surface area (Å²) >= 11 is 0. The number of nitrogens with one attached hydrogen (secondary N) is 1. The van der Waals surface area contributed by atoms with E-state index in [9.17, 15) is 29.4 Å². The van der Waals surface area contributed by atoms with E-state index in [2.05, 4.69) is 10.3 Å². The van der Waals surface area contributed by atoms with Gasteiger partial charge in [0.1, 0.15) is 53.2 Å². The van der Waals surface area contributed by atoms with Gasteiger partial charge in [-0.2, -0.15) is 0 Å². The number of hydrogen-bond donors (Lipinski definition) is 3. The predicted molar refractivity (Wildman–Crippen MR) is 221 cm³/mol. The van der Waals surface area contributed by atoms with Gasteiger partial charge in [-0.3, -0.25) is 9.78 Å². The molecule has 2 bridgehead atoms. The Hall–Kier alpha value is -4.52. The van der Waals surface area contributed by atoms with Crippen molar-refractivity contribution in [3.63, 3.8) is 0 Å². The molecule has 4 fully saturated rings. The van der Waals surface area contributed by atoms with E-state index in [0.717, 1.165) is 6.07 Å². The number of hydrogen-bond acceptors (Lipinski definition) is 15. The molecule has 2 aromatic rings. The Morgan fingerprint density at radius 1 is 1.05 bits per heavy atom. The molecule has 3 aliphatic carbocycles. The molecule has 17 heteroatoms. The molecule has 2 unspecified atom stereocenters. The van der Waals surface area contributed by atoms with Crippen molar-refractivity contribution in [2.45, 2.75) is 140 Å². The van der Waals surface area contributed by atoms with Crippen LogP contribution in [0.15, 0.2) is 59.8 Å². The summed E-state index contributed by atoms with van der Waals surface area (Å²) in [5.41, 5.74) is -6.14. The highest BCUT2D eigenvalue weighted by Crippen LogP contribution is 2.66. The average molecular weight is 882 g/mol. The minimum atomic E-state index is -2.24. The molecule has 1 aromatic heterocycles. The number of aromatic nitrogens is 1. The molecule has 63 heavy (non-hydrogen) atoms. The monoisotopic (exact) mass is 881 g/mol. The van der Waals surface area contributed by atoms with Crippen molar-refractivity contribution in [2.75, 3.05) is 27.2 Å². The number of benzene rings is 1. The van der Waals surface area contributed by atoms with E-state index >= 15 is 4.39 Å². The van der Waals surface area contributed by atoms with Crippen molar-refractivity contribution in [3.8, 4) is 0 Å². The summed E-state index contributed by atoms with van der Waals surface area (Å²) in [7, 11) is 3.75. The number of rotatable bonds is 10. The highest BCUT2D eigenvalue weighted by Gasteiger charge is 2.77. The zero-order chi connectivity index (χ0) is 46.0. The molecule has 2 saturated heterocycles. The van der Waals surface area contributed by atoms with Crippen LogP contribution in [0.3, 0.4) is 0 Å². The lowest BCUT2D eigenvalue weighted by Gasteiger charge is -2.68. The number of nitrogens with zero attached hydrogens (tertiary/aromatic N) is 2. The van der Waals surface area contributed by atoms with Crippen molar-refractivity contribution in [1.82, 2.24) is 15.2 Å². The van der Waals surface area contributed by atoms with Crippen LogP contribution in [-0.2, 0) is 42.7 Å². The number of pyridine rings is 1. The number of alkyl carbamates (subject to hydrolysis) is 1. The first-order valence-electron chi connectivity index (χ1n) is 21.4. The van der Waals surface area contributed by atoms with Gasteiger partial charge >= 0.3 is 24.0 Å². The summed E-state index contributed by atoms with van der Waals surface area (Å²) in [5.74, 6) is -4.55. The van der Waals surface area contributed by atoms with E-state index in [4.69, 9.17) is 33.2 Å². The highest BCUT2D eigenvalue weighted by molar-refractivity contribution is 5.89. The Morgan fingerprint density at radius 2 is 1.75 bits per heavy atom. The van der Waals surface area contributed by atoms with E-state index in [1.807, 2.05) is 25.9 Å². The van der Waals surface area contributed by atoms with Gasteiger partial charge in [-0.25, -0.2) is 18.8 Å². The first-order valence-corrected chi connectivity index (χ1v) is 21.4. The van der Waals surface area contributed by atoms with Crippen LogP contribution in [0.2, 0.25) is 0 Å². The largest absolute Gasteiger partial charge is 0.456 e. The molecule has 0 spiro atoms. The molecule has 7 rings (SSSR count). The van der Waals surface area contributed by atoms with Crippen LogP contribution in [0.4, 0.5) is 9.18 Å². The smallest absolute Gasteiger partial charge is 0.408 e. The van der Waals surface area contributed by atoms with Crippen LogP contribution in [0.25, 0.3) is 0 Å². The fourth-order valence-electron chi connectivity index (χ4n) is 10.8. The number of carbonyl (C=O) groups excluding carboxylic acids is 4. The van der Waals surface area contributed by atoms with Crippen molar-refractivity contribution < 1.29 is 66.9 Å². The fourth-order valence-corrected chi connectivity index (χ4v) is 10.8. The van der Waals surface area contributed by atoms with Crippen molar-refractivity contribution in [1.29, 1.82) is 0 Å². The lowest BCUT2D eigenvalue weighted by atomic mass is 9.45. The first kappa shape index (κ1) is 46.5. The third kappa shape index (κ3) is 8.25. The Balaban J connectivity index is 1.38. The summed E-state index contributed by atoms with van der Waals surface area (Å²) in [6.07, 6.45) is -7.45. The van der Waals surface area contributed by atoms with Gasteiger partial charge < -0.3 is 53.6 Å². The maximum absolute atomic E-state index is 15.3. The average Bonchev–Trinajstić information content (AvgIpc) is 3.59. The third-order valence-corrected chi connectivity index (χ3v) is 13.6. The molecule has 16 nitrogen and oxygen atoms in total. The topological polar surface area (TPSA) is 202 Å².